The predicted molar refractivity (Wildman–Crippen MR) is 86.2 cm³/mol. The number of halogens is 1. The van der Waals surface area contributed by atoms with Crippen LogP contribution in [0.25, 0.3) is 0 Å². The lowest BCUT2D eigenvalue weighted by molar-refractivity contribution is -0.907. The maximum absolute atomic E-state index is 12.9. The number of hydrogen-bond acceptors (Lipinski definition) is 2. The number of benzene rings is 2. The molecular weight excluding hydrogens is 293 g/mol. The minimum Gasteiger partial charge on any atom is -0.324 e. The third-order valence-electron chi connectivity index (χ3n) is 3.83. The molecule has 1 amide bonds. The number of quaternary nitrogens is 1. The van der Waals surface area contributed by atoms with Crippen molar-refractivity contribution in [1.29, 1.82) is 5.26 Å². The van der Waals surface area contributed by atoms with Crippen molar-refractivity contribution in [2.75, 3.05) is 12.4 Å². The Kier molecular flexibility index (Phi) is 5.45. The number of para-hydroxylation sites is 1. The number of nitrogens with zero attached hydrogens (tertiary/aromatic N) is 1. The first-order valence-corrected chi connectivity index (χ1v) is 7.38. The first-order valence-electron chi connectivity index (χ1n) is 7.38. The Bertz CT molecular complexity index is 722. The van der Waals surface area contributed by atoms with Crippen LogP contribution >= 0.6 is 0 Å². The van der Waals surface area contributed by atoms with E-state index in [9.17, 15) is 9.18 Å². The Morgan fingerprint density at radius 3 is 2.57 bits per heavy atom. The molecule has 2 aromatic rings. The first kappa shape index (κ1) is 16.7. The van der Waals surface area contributed by atoms with E-state index in [1.54, 1.807) is 36.4 Å². The quantitative estimate of drug-likeness (QED) is 0.883. The van der Waals surface area contributed by atoms with E-state index in [1.807, 2.05) is 14.0 Å². The minimum atomic E-state index is -0.313. The molecule has 0 bridgehead atoms. The van der Waals surface area contributed by atoms with Crippen LogP contribution in [0, 0.1) is 17.1 Å². The highest BCUT2D eigenvalue weighted by Crippen LogP contribution is 2.13. The van der Waals surface area contributed by atoms with E-state index < -0.39 is 0 Å². The predicted octanol–water partition coefficient (Wildman–Crippen LogP) is 1.74. The summed E-state index contributed by atoms with van der Waals surface area (Å²) in [5.41, 5.74) is 1.91. The summed E-state index contributed by atoms with van der Waals surface area (Å²) in [6, 6.07) is 14.9. The lowest BCUT2D eigenvalue weighted by Gasteiger charge is -2.21. The highest BCUT2D eigenvalue weighted by atomic mass is 19.1. The van der Waals surface area contributed by atoms with E-state index in [4.69, 9.17) is 5.26 Å². The van der Waals surface area contributed by atoms with Crippen LogP contribution in [0.3, 0.4) is 0 Å². The molecule has 0 saturated heterocycles. The number of carbonyl (C=O) groups is 1. The third-order valence-corrected chi connectivity index (χ3v) is 3.83. The number of likely N-dealkylation sites (N-methyl/N-ethyl adjacent to an activating group) is 1. The number of anilines is 1. The molecule has 2 N–H and O–H groups in total. The fraction of sp³-hybridized carbons (Fsp3) is 0.222. The van der Waals surface area contributed by atoms with Crippen LogP contribution < -0.4 is 10.2 Å². The van der Waals surface area contributed by atoms with Crippen molar-refractivity contribution in [2.45, 2.75) is 19.5 Å². The van der Waals surface area contributed by atoms with Crippen LogP contribution in [0.4, 0.5) is 10.1 Å². The van der Waals surface area contributed by atoms with Crippen LogP contribution in [-0.2, 0) is 11.3 Å². The summed E-state index contributed by atoms with van der Waals surface area (Å²) in [5, 5.41) is 11.9. The average Bonchev–Trinajstić information content (AvgIpc) is 2.56. The molecule has 0 aliphatic heterocycles. The van der Waals surface area contributed by atoms with E-state index in [2.05, 4.69) is 11.4 Å². The zero-order valence-corrected chi connectivity index (χ0v) is 13.1. The molecule has 0 saturated carbocycles. The zero-order chi connectivity index (χ0) is 16.8. The van der Waals surface area contributed by atoms with Crippen LogP contribution in [0.5, 0.6) is 0 Å². The Labute approximate surface area is 135 Å². The molecule has 2 aromatic carbocycles. The van der Waals surface area contributed by atoms with Gasteiger partial charge >= 0.3 is 0 Å². The smallest absolute Gasteiger partial charge is 0.282 e. The van der Waals surface area contributed by atoms with Crippen LogP contribution in [-0.4, -0.2) is 19.0 Å². The van der Waals surface area contributed by atoms with E-state index >= 15 is 0 Å². The molecule has 0 fully saturated rings. The molecule has 0 heterocycles. The van der Waals surface area contributed by atoms with Gasteiger partial charge < -0.3 is 10.2 Å². The van der Waals surface area contributed by atoms with E-state index in [-0.39, 0.29) is 17.8 Å². The minimum absolute atomic E-state index is 0.160. The molecule has 0 aromatic heterocycles. The number of nitrogens with one attached hydrogen (secondary N) is 2. The van der Waals surface area contributed by atoms with Crippen LogP contribution in [0.1, 0.15) is 18.1 Å². The molecule has 23 heavy (non-hydrogen) atoms. The Hall–Kier alpha value is -2.71. The van der Waals surface area contributed by atoms with Gasteiger partial charge in [-0.05, 0) is 31.2 Å². The number of hydrogen-bond donors (Lipinski definition) is 2. The summed E-state index contributed by atoms with van der Waals surface area (Å²) in [7, 11) is 1.91. The summed E-state index contributed by atoms with van der Waals surface area (Å²) in [6.07, 6.45) is 0. The number of amides is 1. The first-order chi connectivity index (χ1) is 11.0. The average molecular weight is 312 g/mol. The van der Waals surface area contributed by atoms with Gasteiger partial charge in [-0.2, -0.15) is 5.26 Å². The second kappa shape index (κ2) is 7.52. The van der Waals surface area contributed by atoms with E-state index in [0.717, 1.165) is 10.5 Å². The van der Waals surface area contributed by atoms with Gasteiger partial charge in [-0.1, -0.05) is 24.3 Å². The normalized spacial score (nSPS) is 13.0. The van der Waals surface area contributed by atoms with Crippen molar-refractivity contribution in [3.05, 3.63) is 65.5 Å². The molecule has 2 atom stereocenters. The molecule has 4 nitrogen and oxygen atoms in total. The maximum Gasteiger partial charge on any atom is 0.282 e. The van der Waals surface area contributed by atoms with Gasteiger partial charge in [-0.3, -0.25) is 4.79 Å². The fourth-order valence-electron chi connectivity index (χ4n) is 2.23. The second-order valence-electron chi connectivity index (χ2n) is 5.52. The second-order valence-corrected chi connectivity index (χ2v) is 5.52. The van der Waals surface area contributed by atoms with Crippen LogP contribution in [0.15, 0.2) is 48.5 Å². The number of rotatable bonds is 5. The van der Waals surface area contributed by atoms with Gasteiger partial charge in [0.1, 0.15) is 18.4 Å². The van der Waals surface area contributed by atoms with Crippen molar-refractivity contribution in [2.24, 2.45) is 0 Å². The van der Waals surface area contributed by atoms with E-state index in [1.165, 1.54) is 12.1 Å². The Balaban J connectivity index is 2.01. The van der Waals surface area contributed by atoms with Crippen LogP contribution in [0.2, 0.25) is 0 Å². The molecule has 2 rings (SSSR count). The molecular formula is C18H19FN3O+. The summed E-state index contributed by atoms with van der Waals surface area (Å²) < 4.78 is 12.9. The largest absolute Gasteiger partial charge is 0.324 e. The topological polar surface area (TPSA) is 57.3 Å². The van der Waals surface area contributed by atoms with Gasteiger partial charge in [0.2, 0.25) is 0 Å². The standard InChI is InChI=1S/C18H18FN3O/c1-13(22(2)12-14-7-9-16(19)10-8-14)18(23)21-17-6-4-3-5-15(17)11-20/h3-10,13H,12H2,1-2H3,(H,21,23)/p+1/t13-/m0/s1. The van der Waals surface area contributed by atoms with Gasteiger partial charge in [-0.25, -0.2) is 4.39 Å². The summed E-state index contributed by atoms with van der Waals surface area (Å²) in [6.45, 7) is 2.43. The molecule has 118 valence electrons. The summed E-state index contributed by atoms with van der Waals surface area (Å²) in [4.78, 5) is 13.3. The monoisotopic (exact) mass is 312 g/mol. The molecule has 0 spiro atoms. The summed E-state index contributed by atoms with van der Waals surface area (Å²) in [5.74, 6) is -0.433. The van der Waals surface area contributed by atoms with Crippen molar-refractivity contribution in [3.63, 3.8) is 0 Å². The van der Waals surface area contributed by atoms with Crippen molar-refractivity contribution >= 4 is 11.6 Å². The van der Waals surface area contributed by atoms with Gasteiger partial charge in [0.25, 0.3) is 5.91 Å². The Morgan fingerprint density at radius 2 is 1.91 bits per heavy atom. The SMILES string of the molecule is C[C@@H](C(=O)Nc1ccccc1C#N)[NH+](C)Cc1ccc(F)cc1. The number of nitriles is 1. The van der Waals surface area contributed by atoms with Gasteiger partial charge in [0.05, 0.1) is 18.3 Å². The van der Waals surface area contributed by atoms with E-state index in [0.29, 0.717) is 17.8 Å². The highest BCUT2D eigenvalue weighted by molar-refractivity contribution is 5.94. The number of carbonyl (C=O) groups excluding carboxylic acids is 1. The third kappa shape index (κ3) is 4.38. The molecule has 0 aliphatic rings. The summed E-state index contributed by atoms with van der Waals surface area (Å²) >= 11 is 0. The maximum atomic E-state index is 12.9. The van der Waals surface area contributed by atoms with Gasteiger partial charge in [0.15, 0.2) is 6.04 Å². The van der Waals surface area contributed by atoms with Crippen molar-refractivity contribution in [3.8, 4) is 6.07 Å². The zero-order valence-electron chi connectivity index (χ0n) is 13.1. The fourth-order valence-corrected chi connectivity index (χ4v) is 2.23. The Morgan fingerprint density at radius 1 is 1.26 bits per heavy atom. The van der Waals surface area contributed by atoms with Gasteiger partial charge in [0, 0.05) is 5.56 Å². The molecule has 5 heteroatoms. The molecule has 0 aliphatic carbocycles. The highest BCUT2D eigenvalue weighted by Gasteiger charge is 2.22. The molecule has 1 unspecified atom stereocenters. The lowest BCUT2D eigenvalue weighted by Crippen LogP contribution is -3.12. The van der Waals surface area contributed by atoms with Gasteiger partial charge in [-0.15, -0.1) is 0 Å². The van der Waals surface area contributed by atoms with Crippen molar-refractivity contribution < 1.29 is 14.1 Å². The lowest BCUT2D eigenvalue weighted by atomic mass is 10.1. The van der Waals surface area contributed by atoms with Crippen molar-refractivity contribution in [1.82, 2.24) is 0 Å². The molecule has 0 radical (unpaired) electrons.